The number of carbonyl (C=O) groups excluding carboxylic acids is 1. The number of hydrogen-bond acceptors (Lipinski definition) is 4. The van der Waals surface area contributed by atoms with Crippen LogP contribution in [0.5, 0.6) is 0 Å². The molecule has 1 saturated carbocycles. The first-order chi connectivity index (χ1) is 14.9. The van der Waals surface area contributed by atoms with Crippen molar-refractivity contribution in [3.8, 4) is 0 Å². The molecule has 8 heteroatoms. The molecule has 7 nitrogen and oxygen atoms in total. The van der Waals surface area contributed by atoms with Gasteiger partial charge in [0.2, 0.25) is 10.0 Å². The summed E-state index contributed by atoms with van der Waals surface area (Å²) in [5.74, 6) is -0.0577. The van der Waals surface area contributed by atoms with E-state index < -0.39 is 10.0 Å². The molecule has 1 amide bonds. The van der Waals surface area contributed by atoms with E-state index in [0.29, 0.717) is 42.6 Å². The highest BCUT2D eigenvalue weighted by atomic mass is 32.2. The van der Waals surface area contributed by atoms with Gasteiger partial charge in [-0.15, -0.1) is 0 Å². The number of nitrogens with zero attached hydrogens (tertiary/aromatic N) is 4. The van der Waals surface area contributed by atoms with Crippen molar-refractivity contribution in [2.45, 2.75) is 70.2 Å². The normalized spacial score (nSPS) is 17.4. The van der Waals surface area contributed by atoms with Crippen molar-refractivity contribution >= 4 is 21.6 Å². The van der Waals surface area contributed by atoms with Crippen molar-refractivity contribution in [1.29, 1.82) is 0 Å². The highest BCUT2D eigenvalue weighted by Crippen LogP contribution is 2.34. The fraction of sp³-hybridized carbons (Fsp3) is 0.565. The zero-order valence-electron chi connectivity index (χ0n) is 18.7. The number of rotatable bonds is 6. The van der Waals surface area contributed by atoms with E-state index in [0.717, 1.165) is 29.8 Å². The SMILES string of the molecule is CCN(CC)S(=O)(=O)c1ccc2c(c1)CCN2C(=O)c1cnn(C2CCCCC2)c1C. The van der Waals surface area contributed by atoms with Crippen LogP contribution in [-0.4, -0.2) is 48.0 Å². The molecule has 2 aromatic rings. The van der Waals surface area contributed by atoms with Gasteiger partial charge in [0.25, 0.3) is 5.91 Å². The molecule has 0 radical (unpaired) electrons. The second-order valence-electron chi connectivity index (χ2n) is 8.47. The van der Waals surface area contributed by atoms with Crippen molar-refractivity contribution in [3.63, 3.8) is 0 Å². The Morgan fingerprint density at radius 2 is 1.87 bits per heavy atom. The molecule has 0 atom stereocenters. The zero-order valence-corrected chi connectivity index (χ0v) is 19.5. The smallest absolute Gasteiger partial charge is 0.261 e. The topological polar surface area (TPSA) is 75.5 Å². The van der Waals surface area contributed by atoms with Crippen LogP contribution in [0.4, 0.5) is 5.69 Å². The monoisotopic (exact) mass is 444 g/mol. The van der Waals surface area contributed by atoms with Crippen LogP contribution in [0.2, 0.25) is 0 Å². The summed E-state index contributed by atoms with van der Waals surface area (Å²) in [6.07, 6.45) is 8.29. The summed E-state index contributed by atoms with van der Waals surface area (Å²) in [6, 6.07) is 5.51. The predicted octanol–water partition coefficient (Wildman–Crippen LogP) is 3.93. The molecule has 0 bridgehead atoms. The number of carbonyl (C=O) groups is 1. The van der Waals surface area contributed by atoms with Gasteiger partial charge < -0.3 is 4.90 Å². The third-order valence-corrected chi connectivity index (χ3v) is 8.78. The second kappa shape index (κ2) is 8.74. The largest absolute Gasteiger partial charge is 0.308 e. The van der Waals surface area contributed by atoms with Crippen molar-refractivity contribution < 1.29 is 13.2 Å². The minimum absolute atomic E-state index is 0.0577. The Morgan fingerprint density at radius 1 is 1.16 bits per heavy atom. The van der Waals surface area contributed by atoms with Gasteiger partial charge in [0.15, 0.2) is 0 Å². The Labute approximate surface area is 185 Å². The minimum Gasteiger partial charge on any atom is -0.308 e. The fourth-order valence-electron chi connectivity index (χ4n) is 4.93. The number of anilines is 1. The van der Waals surface area contributed by atoms with E-state index in [1.165, 1.54) is 23.6 Å². The number of sulfonamides is 1. The number of hydrogen-bond donors (Lipinski definition) is 0. The lowest BCUT2D eigenvalue weighted by Gasteiger charge is -2.23. The van der Waals surface area contributed by atoms with Crippen LogP contribution in [0.25, 0.3) is 0 Å². The van der Waals surface area contributed by atoms with Gasteiger partial charge in [-0.2, -0.15) is 9.40 Å². The third kappa shape index (κ3) is 3.91. The Morgan fingerprint density at radius 3 is 2.55 bits per heavy atom. The van der Waals surface area contributed by atoms with Crippen LogP contribution in [0.3, 0.4) is 0 Å². The van der Waals surface area contributed by atoms with Crippen LogP contribution in [0, 0.1) is 6.92 Å². The van der Waals surface area contributed by atoms with E-state index in [2.05, 4.69) is 5.10 Å². The van der Waals surface area contributed by atoms with Crippen LogP contribution in [0.1, 0.15) is 73.6 Å². The molecule has 2 aliphatic rings. The van der Waals surface area contributed by atoms with E-state index in [9.17, 15) is 13.2 Å². The van der Waals surface area contributed by atoms with Crippen molar-refractivity contribution in [2.24, 2.45) is 0 Å². The van der Waals surface area contributed by atoms with Gasteiger partial charge in [-0.1, -0.05) is 33.1 Å². The summed E-state index contributed by atoms with van der Waals surface area (Å²) in [5.41, 5.74) is 3.26. The summed E-state index contributed by atoms with van der Waals surface area (Å²) in [6.45, 7) is 7.08. The highest BCUT2D eigenvalue weighted by molar-refractivity contribution is 7.89. The maximum atomic E-state index is 13.4. The first-order valence-corrected chi connectivity index (χ1v) is 12.8. The zero-order chi connectivity index (χ0) is 22.2. The van der Waals surface area contributed by atoms with Crippen molar-refractivity contribution in [3.05, 3.63) is 41.2 Å². The summed E-state index contributed by atoms with van der Waals surface area (Å²) >= 11 is 0. The molecule has 1 fully saturated rings. The predicted molar refractivity (Wildman–Crippen MR) is 121 cm³/mol. The maximum absolute atomic E-state index is 13.4. The lowest BCUT2D eigenvalue weighted by atomic mass is 9.95. The molecule has 0 saturated heterocycles. The highest BCUT2D eigenvalue weighted by Gasteiger charge is 2.31. The van der Waals surface area contributed by atoms with Gasteiger partial charge in [-0.05, 0) is 49.9 Å². The van der Waals surface area contributed by atoms with E-state index in [4.69, 9.17) is 0 Å². The average molecular weight is 445 g/mol. The molecule has 1 aliphatic heterocycles. The summed E-state index contributed by atoms with van der Waals surface area (Å²) < 4.78 is 29.2. The molecule has 0 spiro atoms. The van der Waals surface area contributed by atoms with Gasteiger partial charge in [0.05, 0.1) is 22.7 Å². The Hall–Kier alpha value is -2.19. The van der Waals surface area contributed by atoms with E-state index in [-0.39, 0.29) is 5.91 Å². The van der Waals surface area contributed by atoms with Crippen LogP contribution >= 0.6 is 0 Å². The lowest BCUT2D eigenvalue weighted by Crippen LogP contribution is -2.31. The van der Waals surface area contributed by atoms with Crippen LogP contribution in [0.15, 0.2) is 29.3 Å². The molecular weight excluding hydrogens is 412 g/mol. The molecule has 1 aromatic heterocycles. The van der Waals surface area contributed by atoms with Gasteiger partial charge in [0, 0.05) is 31.0 Å². The molecule has 1 aromatic carbocycles. The molecule has 31 heavy (non-hydrogen) atoms. The summed E-state index contributed by atoms with van der Waals surface area (Å²) in [5, 5.41) is 4.56. The minimum atomic E-state index is -3.51. The lowest BCUT2D eigenvalue weighted by molar-refractivity contribution is 0.0988. The van der Waals surface area contributed by atoms with E-state index in [1.54, 1.807) is 29.3 Å². The molecule has 0 unspecified atom stereocenters. The van der Waals surface area contributed by atoms with E-state index >= 15 is 0 Å². The molecule has 0 N–H and O–H groups in total. The van der Waals surface area contributed by atoms with Gasteiger partial charge >= 0.3 is 0 Å². The number of aromatic nitrogens is 2. The van der Waals surface area contributed by atoms with Crippen molar-refractivity contribution in [2.75, 3.05) is 24.5 Å². The summed E-state index contributed by atoms with van der Waals surface area (Å²) in [4.78, 5) is 15.4. The van der Waals surface area contributed by atoms with E-state index in [1.807, 2.05) is 25.5 Å². The van der Waals surface area contributed by atoms with Gasteiger partial charge in [-0.25, -0.2) is 8.42 Å². The number of fused-ring (bicyclic) bond motifs is 1. The Kier molecular flexibility index (Phi) is 6.21. The van der Waals surface area contributed by atoms with Crippen molar-refractivity contribution in [1.82, 2.24) is 14.1 Å². The molecule has 1 aliphatic carbocycles. The number of benzene rings is 1. The third-order valence-electron chi connectivity index (χ3n) is 6.73. The fourth-order valence-corrected chi connectivity index (χ4v) is 6.44. The molecule has 168 valence electrons. The standard InChI is InChI=1S/C23H32N4O3S/c1-4-25(5-2)31(29,30)20-11-12-22-18(15-20)13-14-26(22)23(28)21-16-24-27(17(21)3)19-9-7-6-8-10-19/h11-12,15-16,19H,4-10,13-14H2,1-3H3. The second-order valence-corrected chi connectivity index (χ2v) is 10.4. The van der Waals surface area contributed by atoms with Crippen LogP contribution in [-0.2, 0) is 16.4 Å². The Bertz CT molecular complexity index is 1070. The van der Waals surface area contributed by atoms with Gasteiger partial charge in [-0.3, -0.25) is 9.48 Å². The average Bonchev–Trinajstić information content (AvgIpc) is 3.37. The maximum Gasteiger partial charge on any atom is 0.261 e. The van der Waals surface area contributed by atoms with Crippen LogP contribution < -0.4 is 4.90 Å². The molecule has 2 heterocycles. The van der Waals surface area contributed by atoms with Gasteiger partial charge in [0.1, 0.15) is 0 Å². The summed E-state index contributed by atoms with van der Waals surface area (Å²) in [7, 11) is -3.51. The Balaban J connectivity index is 1.59. The number of amides is 1. The first kappa shape index (κ1) is 22.0. The quantitative estimate of drug-likeness (QED) is 0.677. The first-order valence-electron chi connectivity index (χ1n) is 11.4. The molecular formula is C23H32N4O3S. The molecule has 4 rings (SSSR count).